The maximum Gasteiger partial charge on any atom is 0.308 e. The summed E-state index contributed by atoms with van der Waals surface area (Å²) >= 11 is 0. The molecule has 0 saturated carbocycles. The number of ether oxygens (including phenoxy) is 5. The Kier molecular flexibility index (Phi) is 11.3. The predicted molar refractivity (Wildman–Crippen MR) is 163 cm³/mol. The molecule has 0 aromatic heterocycles. The summed E-state index contributed by atoms with van der Waals surface area (Å²) in [6, 6.07) is 38.4. The van der Waals surface area contributed by atoms with E-state index < -0.39 is 42.6 Å². The first-order chi connectivity index (χ1) is 21.5. The van der Waals surface area contributed by atoms with Crippen LogP contribution in [0.5, 0.6) is 0 Å². The number of hydrogen-bond acceptors (Lipinski definition) is 7. The number of carboxylic acids is 1. The lowest BCUT2D eigenvalue weighted by molar-refractivity contribution is -0.370. The van der Waals surface area contributed by atoms with Crippen molar-refractivity contribution in [2.24, 2.45) is 0 Å². The second-order valence-electron chi connectivity index (χ2n) is 10.8. The molecule has 1 fully saturated rings. The van der Waals surface area contributed by atoms with Gasteiger partial charge in [-0.2, -0.15) is 0 Å². The molecular weight excluding hydrogens is 560 g/mol. The molecule has 0 spiro atoms. The summed E-state index contributed by atoms with van der Waals surface area (Å²) < 4.78 is 31.6. The second kappa shape index (κ2) is 15.7. The Morgan fingerprint density at radius 2 is 1.02 bits per heavy atom. The fourth-order valence-corrected chi connectivity index (χ4v) is 5.29. The molecule has 1 aliphatic heterocycles. The van der Waals surface area contributed by atoms with Gasteiger partial charge >= 0.3 is 5.97 Å². The van der Waals surface area contributed by atoms with Gasteiger partial charge in [-0.05, 0) is 22.3 Å². The van der Waals surface area contributed by atoms with Crippen molar-refractivity contribution < 1.29 is 38.7 Å². The van der Waals surface area contributed by atoms with Gasteiger partial charge in [-0.1, -0.05) is 121 Å². The Bertz CT molecular complexity index is 1400. The van der Waals surface area contributed by atoms with E-state index in [0.717, 1.165) is 22.3 Å². The van der Waals surface area contributed by atoms with Crippen molar-refractivity contribution in [3.8, 4) is 0 Å². The largest absolute Gasteiger partial charge is 0.481 e. The van der Waals surface area contributed by atoms with Gasteiger partial charge in [0.1, 0.15) is 30.8 Å². The SMILES string of the molecule is O=C(O)C[C@]1(O)O[C@H](COCc2ccccc2)[C@@H](OCc2ccccc2)[C@H](OCc2ccccc2)[C@@H]1OCc1ccccc1. The first-order valence-electron chi connectivity index (χ1n) is 14.7. The number of carboxylic acid groups (broad SMARTS) is 1. The lowest BCUT2D eigenvalue weighted by Gasteiger charge is -2.49. The molecule has 1 heterocycles. The molecule has 4 aromatic rings. The highest BCUT2D eigenvalue weighted by Crippen LogP contribution is 2.37. The number of aliphatic hydroxyl groups is 1. The van der Waals surface area contributed by atoms with E-state index in [2.05, 4.69) is 0 Å². The van der Waals surface area contributed by atoms with Crippen molar-refractivity contribution in [3.05, 3.63) is 144 Å². The maximum absolute atomic E-state index is 12.1. The van der Waals surface area contributed by atoms with E-state index in [1.807, 2.05) is 121 Å². The van der Waals surface area contributed by atoms with Gasteiger partial charge in [0.2, 0.25) is 5.79 Å². The first-order valence-corrected chi connectivity index (χ1v) is 14.7. The van der Waals surface area contributed by atoms with Crippen LogP contribution in [0.4, 0.5) is 0 Å². The molecule has 44 heavy (non-hydrogen) atoms. The minimum absolute atomic E-state index is 0.0207. The standard InChI is InChI=1S/C36H38O8/c37-32(38)21-36(39)35(43-25-30-19-11-4-12-20-30)34(42-24-29-17-9-3-10-18-29)33(41-23-28-15-7-2-8-16-28)31(44-36)26-40-22-27-13-5-1-6-14-27/h1-20,31,33-35,39H,21-26H2,(H,37,38)/t31-,33-,34+,35+,36+/m1/s1. The minimum Gasteiger partial charge on any atom is -0.481 e. The minimum atomic E-state index is -2.23. The summed E-state index contributed by atoms with van der Waals surface area (Å²) in [7, 11) is 0. The van der Waals surface area contributed by atoms with Gasteiger partial charge in [0.05, 0.1) is 33.0 Å². The third kappa shape index (κ3) is 8.83. The molecule has 0 unspecified atom stereocenters. The number of rotatable bonds is 15. The van der Waals surface area contributed by atoms with E-state index in [0.29, 0.717) is 6.61 Å². The van der Waals surface area contributed by atoms with Crippen LogP contribution < -0.4 is 0 Å². The zero-order valence-corrected chi connectivity index (χ0v) is 24.4. The number of carbonyl (C=O) groups is 1. The van der Waals surface area contributed by atoms with Crippen molar-refractivity contribution in [2.75, 3.05) is 6.61 Å². The Labute approximate surface area is 257 Å². The van der Waals surface area contributed by atoms with Crippen LogP contribution in [-0.4, -0.2) is 53.0 Å². The Morgan fingerprint density at radius 1 is 0.614 bits per heavy atom. The van der Waals surface area contributed by atoms with Crippen LogP contribution in [0, 0.1) is 0 Å². The second-order valence-corrected chi connectivity index (χ2v) is 10.8. The molecule has 0 aliphatic carbocycles. The van der Waals surface area contributed by atoms with Crippen LogP contribution in [-0.2, 0) is 54.9 Å². The molecule has 8 nitrogen and oxygen atoms in total. The molecule has 5 rings (SSSR count). The molecular formula is C36H38O8. The van der Waals surface area contributed by atoms with E-state index in [9.17, 15) is 15.0 Å². The molecule has 8 heteroatoms. The van der Waals surface area contributed by atoms with E-state index in [1.165, 1.54) is 0 Å². The highest BCUT2D eigenvalue weighted by atomic mass is 16.7. The summed E-state index contributed by atoms with van der Waals surface area (Å²) in [5.74, 6) is -3.47. The zero-order chi connectivity index (χ0) is 30.6. The maximum atomic E-state index is 12.1. The average molecular weight is 599 g/mol. The fourth-order valence-electron chi connectivity index (χ4n) is 5.29. The molecule has 0 radical (unpaired) electrons. The highest BCUT2D eigenvalue weighted by Gasteiger charge is 2.57. The molecule has 230 valence electrons. The summed E-state index contributed by atoms with van der Waals surface area (Å²) in [6.07, 6.45) is -4.48. The van der Waals surface area contributed by atoms with Crippen molar-refractivity contribution in [1.82, 2.24) is 0 Å². The van der Waals surface area contributed by atoms with E-state index in [-0.39, 0.29) is 26.4 Å². The molecule has 2 N–H and O–H groups in total. The van der Waals surface area contributed by atoms with Gasteiger partial charge in [0, 0.05) is 0 Å². The quantitative estimate of drug-likeness (QED) is 0.184. The number of hydrogen-bond donors (Lipinski definition) is 2. The van der Waals surface area contributed by atoms with E-state index >= 15 is 0 Å². The smallest absolute Gasteiger partial charge is 0.308 e. The van der Waals surface area contributed by atoms with Crippen LogP contribution in [0.25, 0.3) is 0 Å². The molecule has 1 aliphatic rings. The Balaban J connectivity index is 1.46. The lowest BCUT2D eigenvalue weighted by atomic mass is 9.89. The van der Waals surface area contributed by atoms with Crippen molar-refractivity contribution in [2.45, 2.75) is 63.1 Å². The summed E-state index contributed by atoms with van der Waals surface area (Å²) in [6.45, 7) is 0.836. The molecule has 0 bridgehead atoms. The van der Waals surface area contributed by atoms with Gasteiger partial charge in [-0.25, -0.2) is 0 Å². The fraction of sp³-hybridized carbons (Fsp3) is 0.306. The van der Waals surface area contributed by atoms with Crippen molar-refractivity contribution in [3.63, 3.8) is 0 Å². The third-order valence-electron chi connectivity index (χ3n) is 7.43. The highest BCUT2D eigenvalue weighted by molar-refractivity contribution is 5.68. The van der Waals surface area contributed by atoms with Crippen LogP contribution in [0.2, 0.25) is 0 Å². The molecule has 1 saturated heterocycles. The third-order valence-corrected chi connectivity index (χ3v) is 7.43. The van der Waals surface area contributed by atoms with Crippen molar-refractivity contribution >= 4 is 5.97 Å². The molecule has 0 amide bonds. The Morgan fingerprint density at radius 3 is 1.48 bits per heavy atom. The summed E-state index contributed by atoms with van der Waals surface area (Å²) in [4.78, 5) is 12.1. The molecule has 4 aromatic carbocycles. The van der Waals surface area contributed by atoms with Crippen LogP contribution in [0.3, 0.4) is 0 Å². The summed E-state index contributed by atoms with van der Waals surface area (Å²) in [5, 5.41) is 21.8. The Hall–Kier alpha value is -3.89. The van der Waals surface area contributed by atoms with Gasteiger partial charge in [-0.15, -0.1) is 0 Å². The first kappa shape index (κ1) is 31.5. The van der Waals surface area contributed by atoms with Crippen LogP contribution >= 0.6 is 0 Å². The van der Waals surface area contributed by atoms with Crippen LogP contribution in [0.1, 0.15) is 28.7 Å². The van der Waals surface area contributed by atoms with Gasteiger partial charge < -0.3 is 33.9 Å². The number of aliphatic carboxylic acids is 1. The van der Waals surface area contributed by atoms with E-state index in [1.54, 1.807) is 0 Å². The molecule has 5 atom stereocenters. The van der Waals surface area contributed by atoms with Gasteiger partial charge in [0.15, 0.2) is 0 Å². The monoisotopic (exact) mass is 598 g/mol. The van der Waals surface area contributed by atoms with E-state index in [4.69, 9.17) is 23.7 Å². The van der Waals surface area contributed by atoms with Gasteiger partial charge in [0.25, 0.3) is 0 Å². The van der Waals surface area contributed by atoms with Gasteiger partial charge in [-0.3, -0.25) is 4.79 Å². The van der Waals surface area contributed by atoms with Crippen LogP contribution in [0.15, 0.2) is 121 Å². The topological polar surface area (TPSA) is 104 Å². The zero-order valence-electron chi connectivity index (χ0n) is 24.4. The summed E-state index contributed by atoms with van der Waals surface area (Å²) in [5.41, 5.74) is 3.65. The average Bonchev–Trinajstić information content (AvgIpc) is 3.04. The van der Waals surface area contributed by atoms with Crippen molar-refractivity contribution in [1.29, 1.82) is 0 Å². The predicted octanol–water partition coefficient (Wildman–Crippen LogP) is 5.52. The normalized spacial score (nSPS) is 23.3. The number of benzene rings is 4. The lowest BCUT2D eigenvalue weighted by Crippen LogP contribution is -2.67.